The summed E-state index contributed by atoms with van der Waals surface area (Å²) in [5, 5.41) is 3.19. The second-order valence-corrected chi connectivity index (χ2v) is 14.2. The third kappa shape index (κ3) is 8.44. The van der Waals surface area contributed by atoms with E-state index in [4.69, 9.17) is 0 Å². The molecular weight excluding hydrogens is 546 g/mol. The summed E-state index contributed by atoms with van der Waals surface area (Å²) in [4.78, 5) is 29.7. The van der Waals surface area contributed by atoms with Crippen molar-refractivity contribution in [2.45, 2.75) is 76.9 Å². The van der Waals surface area contributed by atoms with Crippen LogP contribution in [0.2, 0.25) is 0 Å². The molecule has 1 atom stereocenters. The highest BCUT2D eigenvalue weighted by Crippen LogP contribution is 2.27. The van der Waals surface area contributed by atoms with Gasteiger partial charge in [-0.3, -0.25) is 13.9 Å². The van der Waals surface area contributed by atoms with Gasteiger partial charge < -0.3 is 10.2 Å². The summed E-state index contributed by atoms with van der Waals surface area (Å²) in [6, 6.07) is 25.7. The number of anilines is 1. The van der Waals surface area contributed by atoms with Gasteiger partial charge in [-0.25, -0.2) is 8.42 Å². The number of carbonyl (C=O) groups excluding carboxylic acids is 2. The monoisotopic (exact) mass is 589 g/mol. The van der Waals surface area contributed by atoms with Crippen molar-refractivity contribution in [2.24, 2.45) is 0 Å². The molecule has 0 spiro atoms. The van der Waals surface area contributed by atoms with Crippen molar-refractivity contribution in [3.05, 3.63) is 102 Å². The van der Waals surface area contributed by atoms with Gasteiger partial charge in [0.05, 0.1) is 11.9 Å². The molecule has 3 aromatic rings. The van der Waals surface area contributed by atoms with E-state index in [-0.39, 0.29) is 23.9 Å². The predicted molar refractivity (Wildman–Crippen MR) is 169 cm³/mol. The highest BCUT2D eigenvalue weighted by Gasteiger charge is 2.34. The quantitative estimate of drug-likeness (QED) is 0.322. The number of amides is 2. The Morgan fingerprint density at radius 1 is 0.857 bits per heavy atom. The third-order valence-electron chi connectivity index (χ3n) is 7.87. The van der Waals surface area contributed by atoms with Crippen molar-refractivity contribution in [3.63, 3.8) is 0 Å². The molecule has 1 N–H and O–H groups in total. The molecule has 0 bridgehead atoms. The fraction of sp³-hybridized carbons (Fsp3) is 0.412. The van der Waals surface area contributed by atoms with E-state index in [1.165, 1.54) is 0 Å². The van der Waals surface area contributed by atoms with Crippen molar-refractivity contribution in [1.29, 1.82) is 0 Å². The van der Waals surface area contributed by atoms with Crippen LogP contribution < -0.4 is 9.62 Å². The largest absolute Gasteiger partial charge is 0.352 e. The van der Waals surface area contributed by atoms with Crippen molar-refractivity contribution >= 4 is 27.5 Å². The molecule has 0 aliphatic heterocycles. The van der Waals surface area contributed by atoms with E-state index in [1.54, 1.807) is 17.0 Å². The molecule has 1 aliphatic carbocycles. The van der Waals surface area contributed by atoms with Crippen molar-refractivity contribution in [3.8, 4) is 0 Å². The molecule has 3 aromatic carbocycles. The second kappa shape index (κ2) is 13.6. The van der Waals surface area contributed by atoms with E-state index >= 15 is 0 Å². The SMILES string of the molecule is CC(C)(C)c1ccc(N(CC(=O)N(Cc2ccccc2)[C@@H](Cc2ccccc2)C(=O)NC2CCCC2)S(C)(=O)=O)cc1. The summed E-state index contributed by atoms with van der Waals surface area (Å²) in [6.07, 6.45) is 5.40. The third-order valence-corrected chi connectivity index (χ3v) is 9.01. The minimum absolute atomic E-state index is 0.0818. The van der Waals surface area contributed by atoms with Crippen LogP contribution in [0.3, 0.4) is 0 Å². The van der Waals surface area contributed by atoms with E-state index in [1.807, 2.05) is 72.8 Å². The van der Waals surface area contributed by atoms with Gasteiger partial charge in [-0.2, -0.15) is 0 Å². The van der Waals surface area contributed by atoms with Crippen molar-refractivity contribution in [2.75, 3.05) is 17.1 Å². The fourth-order valence-electron chi connectivity index (χ4n) is 5.44. The minimum Gasteiger partial charge on any atom is -0.352 e. The lowest BCUT2D eigenvalue weighted by molar-refractivity contribution is -0.140. The molecule has 1 saturated carbocycles. The smallest absolute Gasteiger partial charge is 0.244 e. The molecule has 7 nitrogen and oxygen atoms in total. The molecule has 1 aliphatic rings. The van der Waals surface area contributed by atoms with E-state index in [9.17, 15) is 18.0 Å². The molecule has 8 heteroatoms. The number of nitrogens with one attached hydrogen (secondary N) is 1. The van der Waals surface area contributed by atoms with Crippen LogP contribution >= 0.6 is 0 Å². The van der Waals surface area contributed by atoms with Crippen LogP contribution in [0.5, 0.6) is 0 Å². The van der Waals surface area contributed by atoms with E-state index in [2.05, 4.69) is 26.1 Å². The highest BCUT2D eigenvalue weighted by molar-refractivity contribution is 7.92. The first-order valence-corrected chi connectivity index (χ1v) is 16.5. The Morgan fingerprint density at radius 3 is 1.93 bits per heavy atom. The maximum Gasteiger partial charge on any atom is 0.244 e. The Bertz CT molecular complexity index is 1430. The Kier molecular flexibility index (Phi) is 10.1. The predicted octanol–water partition coefficient (Wildman–Crippen LogP) is 5.45. The van der Waals surface area contributed by atoms with Gasteiger partial charge >= 0.3 is 0 Å². The maximum absolute atomic E-state index is 14.2. The van der Waals surface area contributed by atoms with Crippen LogP contribution in [0.1, 0.15) is 63.1 Å². The number of sulfonamides is 1. The van der Waals surface area contributed by atoms with Crippen LogP contribution in [0.25, 0.3) is 0 Å². The standard InChI is InChI=1S/C34H43N3O4S/c1-34(2,3)28-19-21-30(22-20-28)37(42(4,40)41)25-32(38)36(24-27-15-9-6-10-16-27)31(23-26-13-7-5-8-14-26)33(39)35-29-17-11-12-18-29/h5-10,13-16,19-22,29,31H,11-12,17-18,23-25H2,1-4H3,(H,35,39)/t31-/m0/s1. The summed E-state index contributed by atoms with van der Waals surface area (Å²) < 4.78 is 27.2. The van der Waals surface area contributed by atoms with Gasteiger partial charge in [0.25, 0.3) is 0 Å². The van der Waals surface area contributed by atoms with Crippen LogP contribution in [0, 0.1) is 0 Å². The van der Waals surface area contributed by atoms with E-state index in [0.717, 1.165) is 52.9 Å². The lowest BCUT2D eigenvalue weighted by Crippen LogP contribution is -2.54. The molecule has 0 aromatic heterocycles. The first kappa shape index (κ1) is 31.3. The number of carbonyl (C=O) groups is 2. The van der Waals surface area contributed by atoms with Gasteiger partial charge in [0.1, 0.15) is 12.6 Å². The minimum atomic E-state index is -3.81. The normalized spacial score (nSPS) is 14.8. The highest BCUT2D eigenvalue weighted by atomic mass is 32.2. The van der Waals surface area contributed by atoms with Gasteiger partial charge in [0.15, 0.2) is 0 Å². The van der Waals surface area contributed by atoms with Crippen molar-refractivity contribution < 1.29 is 18.0 Å². The van der Waals surface area contributed by atoms with Gasteiger partial charge in [0, 0.05) is 19.0 Å². The Balaban J connectivity index is 1.70. The molecule has 0 saturated heterocycles. The first-order chi connectivity index (χ1) is 19.9. The van der Waals surface area contributed by atoms with E-state index in [0.29, 0.717) is 12.1 Å². The lowest BCUT2D eigenvalue weighted by atomic mass is 9.87. The van der Waals surface area contributed by atoms with Crippen LogP contribution in [-0.2, 0) is 38.0 Å². The molecule has 2 amide bonds. The zero-order valence-electron chi connectivity index (χ0n) is 25.1. The van der Waals surface area contributed by atoms with Gasteiger partial charge in [0.2, 0.25) is 21.8 Å². The average Bonchev–Trinajstić information content (AvgIpc) is 3.46. The molecule has 4 rings (SSSR count). The van der Waals surface area contributed by atoms with Gasteiger partial charge in [-0.1, -0.05) is 106 Å². The molecular formula is C34H43N3O4S. The number of hydrogen-bond donors (Lipinski definition) is 1. The number of benzene rings is 3. The fourth-order valence-corrected chi connectivity index (χ4v) is 6.29. The van der Waals surface area contributed by atoms with Gasteiger partial charge in [-0.05, 0) is 47.1 Å². The average molecular weight is 590 g/mol. The Morgan fingerprint density at radius 2 is 1.40 bits per heavy atom. The van der Waals surface area contributed by atoms with Crippen LogP contribution in [0.4, 0.5) is 5.69 Å². The van der Waals surface area contributed by atoms with Crippen molar-refractivity contribution in [1.82, 2.24) is 10.2 Å². The molecule has 42 heavy (non-hydrogen) atoms. The zero-order valence-corrected chi connectivity index (χ0v) is 25.9. The summed E-state index contributed by atoms with van der Waals surface area (Å²) >= 11 is 0. The topological polar surface area (TPSA) is 86.8 Å². The summed E-state index contributed by atoms with van der Waals surface area (Å²) in [5.74, 6) is -0.651. The number of nitrogens with zero attached hydrogens (tertiary/aromatic N) is 2. The lowest BCUT2D eigenvalue weighted by Gasteiger charge is -2.34. The molecule has 0 unspecified atom stereocenters. The number of hydrogen-bond acceptors (Lipinski definition) is 4. The Labute approximate surface area is 251 Å². The van der Waals surface area contributed by atoms with Crippen LogP contribution in [0.15, 0.2) is 84.9 Å². The summed E-state index contributed by atoms with van der Waals surface area (Å²) in [5.41, 5.74) is 3.15. The maximum atomic E-state index is 14.2. The molecule has 224 valence electrons. The molecule has 1 fully saturated rings. The van der Waals surface area contributed by atoms with E-state index < -0.39 is 28.5 Å². The second-order valence-electron chi connectivity index (χ2n) is 12.3. The first-order valence-electron chi connectivity index (χ1n) is 14.7. The zero-order chi connectivity index (χ0) is 30.3. The molecule has 0 heterocycles. The number of rotatable bonds is 11. The Hall–Kier alpha value is -3.65. The van der Waals surface area contributed by atoms with Gasteiger partial charge in [-0.15, -0.1) is 0 Å². The summed E-state index contributed by atoms with van der Waals surface area (Å²) in [6.45, 7) is 6.03. The van der Waals surface area contributed by atoms with Crippen LogP contribution in [-0.4, -0.2) is 50.0 Å². The summed E-state index contributed by atoms with van der Waals surface area (Å²) in [7, 11) is -3.81. The molecule has 0 radical (unpaired) electrons.